The summed E-state index contributed by atoms with van der Waals surface area (Å²) in [6.45, 7) is 0.946. The van der Waals surface area contributed by atoms with Gasteiger partial charge in [-0.25, -0.2) is 4.99 Å². The van der Waals surface area contributed by atoms with Crippen LogP contribution in [-0.2, 0) is 0 Å². The van der Waals surface area contributed by atoms with Crippen LogP contribution in [0.1, 0.15) is 18.4 Å². The minimum atomic E-state index is 0.0140. The van der Waals surface area contributed by atoms with Gasteiger partial charge in [0.2, 0.25) is 0 Å². The molecule has 0 saturated carbocycles. The van der Waals surface area contributed by atoms with Gasteiger partial charge in [0, 0.05) is 30.6 Å². The summed E-state index contributed by atoms with van der Waals surface area (Å²) in [4.78, 5) is 6.58. The van der Waals surface area contributed by atoms with Gasteiger partial charge < -0.3 is 4.90 Å². The number of amidine groups is 1. The van der Waals surface area contributed by atoms with E-state index < -0.39 is 0 Å². The number of likely N-dealkylation sites (tertiary alicyclic amines) is 1. The third kappa shape index (κ3) is 2.99. The molecule has 0 N–H and O–H groups in total. The van der Waals surface area contributed by atoms with Crippen molar-refractivity contribution in [3.63, 3.8) is 0 Å². The first kappa shape index (κ1) is 14.1. The molecule has 0 aliphatic carbocycles. The lowest BCUT2D eigenvalue weighted by Gasteiger charge is -2.12. The number of benzene rings is 1. The Hall–Kier alpha value is -2.30. The highest BCUT2D eigenvalue weighted by molar-refractivity contribution is 6.30. The summed E-state index contributed by atoms with van der Waals surface area (Å²) in [6.07, 6.45) is 1.90. The van der Waals surface area contributed by atoms with Gasteiger partial charge in [-0.1, -0.05) is 23.7 Å². The van der Waals surface area contributed by atoms with E-state index in [1.165, 1.54) is 0 Å². The molecule has 0 unspecified atom stereocenters. The summed E-state index contributed by atoms with van der Waals surface area (Å²) in [6, 6.07) is 10.8. The third-order valence-corrected chi connectivity index (χ3v) is 3.41. The van der Waals surface area contributed by atoms with Crippen molar-refractivity contribution in [3.8, 4) is 12.1 Å². The van der Waals surface area contributed by atoms with Crippen molar-refractivity contribution in [2.45, 2.75) is 12.8 Å². The fourth-order valence-electron chi connectivity index (χ4n) is 2.07. The van der Waals surface area contributed by atoms with E-state index in [9.17, 15) is 0 Å². The molecule has 1 saturated heterocycles. The van der Waals surface area contributed by atoms with Gasteiger partial charge in [-0.2, -0.15) is 10.5 Å². The van der Waals surface area contributed by atoms with E-state index in [4.69, 9.17) is 22.1 Å². The molecule has 0 amide bonds. The van der Waals surface area contributed by atoms with Crippen LogP contribution in [-0.4, -0.2) is 24.3 Å². The van der Waals surface area contributed by atoms with Crippen LogP contribution in [0.4, 0.5) is 0 Å². The molecule has 5 heteroatoms. The Balaban J connectivity index is 2.53. The second-order valence-corrected chi connectivity index (χ2v) is 4.94. The van der Waals surface area contributed by atoms with E-state index in [1.807, 2.05) is 24.1 Å². The highest BCUT2D eigenvalue weighted by Crippen LogP contribution is 2.24. The van der Waals surface area contributed by atoms with Crippen LogP contribution in [0, 0.1) is 22.7 Å². The number of aliphatic imine (C=N–C) groups is 1. The monoisotopic (exact) mass is 284 g/mol. The Morgan fingerprint density at radius 2 is 1.90 bits per heavy atom. The van der Waals surface area contributed by atoms with E-state index in [1.54, 1.807) is 24.3 Å². The highest BCUT2D eigenvalue weighted by Gasteiger charge is 2.17. The van der Waals surface area contributed by atoms with Crippen LogP contribution in [0.5, 0.6) is 0 Å². The van der Waals surface area contributed by atoms with Crippen LogP contribution >= 0.6 is 11.6 Å². The number of halogens is 1. The topological polar surface area (TPSA) is 63.2 Å². The van der Waals surface area contributed by atoms with Gasteiger partial charge in [0.05, 0.1) is 0 Å². The Kier molecular flexibility index (Phi) is 4.40. The first-order chi connectivity index (χ1) is 9.65. The SMILES string of the molecule is CN1CCCC1=NC(=C(C#N)C#N)c1ccc(Cl)cc1. The smallest absolute Gasteiger partial charge is 0.155 e. The predicted octanol–water partition coefficient (Wildman–Crippen LogP) is 3.22. The van der Waals surface area contributed by atoms with Gasteiger partial charge in [0.15, 0.2) is 5.57 Å². The number of rotatable bonds is 2. The summed E-state index contributed by atoms with van der Waals surface area (Å²) < 4.78 is 0. The van der Waals surface area contributed by atoms with Crippen LogP contribution in [0.3, 0.4) is 0 Å². The van der Waals surface area contributed by atoms with E-state index in [-0.39, 0.29) is 5.57 Å². The van der Waals surface area contributed by atoms with Crippen molar-refractivity contribution in [2.24, 2.45) is 4.99 Å². The Bertz CT molecular complexity index is 628. The quantitative estimate of drug-likeness (QED) is 0.783. The van der Waals surface area contributed by atoms with Crippen molar-refractivity contribution in [1.29, 1.82) is 10.5 Å². The van der Waals surface area contributed by atoms with Gasteiger partial charge >= 0.3 is 0 Å². The minimum absolute atomic E-state index is 0.0140. The zero-order valence-corrected chi connectivity index (χ0v) is 11.9. The average molecular weight is 285 g/mol. The van der Waals surface area contributed by atoms with E-state index in [2.05, 4.69) is 4.99 Å². The zero-order chi connectivity index (χ0) is 14.5. The molecule has 0 bridgehead atoms. The van der Waals surface area contributed by atoms with E-state index in [0.29, 0.717) is 10.7 Å². The van der Waals surface area contributed by atoms with Crippen LogP contribution in [0.2, 0.25) is 5.02 Å². The number of hydrogen-bond acceptors (Lipinski definition) is 3. The zero-order valence-electron chi connectivity index (χ0n) is 11.1. The second-order valence-electron chi connectivity index (χ2n) is 4.51. The molecule has 1 fully saturated rings. The highest BCUT2D eigenvalue weighted by atomic mass is 35.5. The van der Waals surface area contributed by atoms with Crippen molar-refractivity contribution in [1.82, 2.24) is 4.90 Å². The number of allylic oxidation sites excluding steroid dienone is 1. The third-order valence-electron chi connectivity index (χ3n) is 3.15. The summed E-state index contributed by atoms with van der Waals surface area (Å²) in [5.41, 5.74) is 1.15. The second kappa shape index (κ2) is 6.23. The molecule has 20 heavy (non-hydrogen) atoms. The van der Waals surface area contributed by atoms with Gasteiger partial charge in [-0.05, 0) is 18.6 Å². The fourth-order valence-corrected chi connectivity index (χ4v) is 2.19. The standard InChI is InChI=1S/C15H13ClN4/c1-20-8-2-3-14(20)19-15(12(9-17)10-18)11-4-6-13(16)7-5-11/h4-7H,2-3,8H2,1H3. The first-order valence-electron chi connectivity index (χ1n) is 6.25. The molecule has 100 valence electrons. The van der Waals surface area contributed by atoms with Crippen LogP contribution in [0.15, 0.2) is 34.8 Å². The number of nitrogens with zero attached hydrogens (tertiary/aromatic N) is 4. The molecule has 1 aromatic rings. The first-order valence-corrected chi connectivity index (χ1v) is 6.62. The van der Waals surface area contributed by atoms with E-state index in [0.717, 1.165) is 30.8 Å². The minimum Gasteiger partial charge on any atom is -0.363 e. The molecule has 0 atom stereocenters. The van der Waals surface area contributed by atoms with Gasteiger partial charge in [-0.3, -0.25) is 0 Å². The molecule has 0 radical (unpaired) electrons. The predicted molar refractivity (Wildman–Crippen MR) is 78.9 cm³/mol. The lowest BCUT2D eigenvalue weighted by molar-refractivity contribution is 0.550. The Morgan fingerprint density at radius 3 is 2.40 bits per heavy atom. The van der Waals surface area contributed by atoms with Crippen LogP contribution < -0.4 is 0 Å². The fraction of sp³-hybridized carbons (Fsp3) is 0.267. The summed E-state index contributed by atoms with van der Waals surface area (Å²) >= 11 is 5.87. The lowest BCUT2D eigenvalue weighted by Crippen LogP contribution is -2.19. The molecule has 0 aromatic heterocycles. The number of hydrogen-bond donors (Lipinski definition) is 0. The maximum atomic E-state index is 9.11. The largest absolute Gasteiger partial charge is 0.363 e. The molecule has 1 aliphatic rings. The van der Waals surface area contributed by atoms with Crippen molar-refractivity contribution >= 4 is 23.1 Å². The molecule has 4 nitrogen and oxygen atoms in total. The maximum Gasteiger partial charge on any atom is 0.155 e. The summed E-state index contributed by atoms with van der Waals surface area (Å²) in [5, 5.41) is 18.8. The van der Waals surface area contributed by atoms with Gasteiger partial charge in [0.25, 0.3) is 0 Å². The summed E-state index contributed by atoms with van der Waals surface area (Å²) in [5.74, 6) is 0.901. The molecule has 1 aromatic carbocycles. The van der Waals surface area contributed by atoms with Crippen molar-refractivity contribution in [2.75, 3.05) is 13.6 Å². The van der Waals surface area contributed by atoms with Crippen molar-refractivity contribution in [3.05, 3.63) is 40.4 Å². The normalized spacial score (nSPS) is 15.8. The Labute approximate surface area is 123 Å². The van der Waals surface area contributed by atoms with Crippen molar-refractivity contribution < 1.29 is 0 Å². The number of nitriles is 2. The molecule has 1 heterocycles. The van der Waals surface area contributed by atoms with Crippen LogP contribution in [0.25, 0.3) is 5.70 Å². The molecular weight excluding hydrogens is 272 g/mol. The average Bonchev–Trinajstić information content (AvgIpc) is 2.85. The lowest BCUT2D eigenvalue weighted by atomic mass is 10.1. The molecular formula is C15H13ClN4. The Morgan fingerprint density at radius 1 is 1.25 bits per heavy atom. The molecule has 0 spiro atoms. The maximum absolute atomic E-state index is 9.11. The van der Waals surface area contributed by atoms with E-state index >= 15 is 0 Å². The van der Waals surface area contributed by atoms with Gasteiger partial charge in [0.1, 0.15) is 23.7 Å². The summed E-state index contributed by atoms with van der Waals surface area (Å²) in [7, 11) is 1.96. The molecule has 2 rings (SSSR count). The van der Waals surface area contributed by atoms with Gasteiger partial charge in [-0.15, -0.1) is 0 Å². The molecule has 1 aliphatic heterocycles.